The molecule has 0 saturated heterocycles. The minimum absolute atomic E-state index is 0.128. The van der Waals surface area contributed by atoms with Crippen LogP contribution in [0.1, 0.15) is 5.56 Å². The lowest BCUT2D eigenvalue weighted by Gasteiger charge is -2.03. The first-order valence-corrected chi connectivity index (χ1v) is 4.97. The molecule has 0 aliphatic heterocycles. The van der Waals surface area contributed by atoms with Gasteiger partial charge in [0, 0.05) is 11.9 Å². The van der Waals surface area contributed by atoms with Gasteiger partial charge < -0.3 is 4.55 Å². The van der Waals surface area contributed by atoms with Crippen LogP contribution in [0.5, 0.6) is 0 Å². The Labute approximate surface area is 78.1 Å². The summed E-state index contributed by atoms with van der Waals surface area (Å²) in [5.74, 6) is 0.128. The summed E-state index contributed by atoms with van der Waals surface area (Å²) in [6.45, 7) is 0. The smallest absolute Gasteiger partial charge is 0.129 e. The maximum absolute atomic E-state index is 10.2. The molecular weight excluding hydrogens is 198 g/mol. The molecule has 66 valence electrons. The van der Waals surface area contributed by atoms with Gasteiger partial charge in [0.25, 0.3) is 0 Å². The van der Waals surface area contributed by atoms with Gasteiger partial charge in [-0.15, -0.1) is 0 Å². The van der Waals surface area contributed by atoms with Crippen molar-refractivity contribution in [2.24, 2.45) is 0 Å². The number of pyridine rings is 1. The molecule has 12 heavy (non-hydrogen) atoms. The molecule has 1 unspecified atom stereocenters. The highest BCUT2D eigenvalue weighted by Gasteiger charge is 1.93. The third kappa shape index (κ3) is 3.30. The van der Waals surface area contributed by atoms with Crippen LogP contribution in [0.2, 0.25) is 5.15 Å². The lowest BCUT2D eigenvalue weighted by Crippen LogP contribution is -1.99. The molecule has 0 bridgehead atoms. The van der Waals surface area contributed by atoms with Crippen molar-refractivity contribution in [3.8, 4) is 0 Å². The fraction of sp³-hybridized carbons (Fsp3) is 0.286. The van der Waals surface area contributed by atoms with E-state index in [1.807, 2.05) is 0 Å². The summed E-state index contributed by atoms with van der Waals surface area (Å²) < 4.78 is 20.4. The van der Waals surface area contributed by atoms with E-state index in [2.05, 4.69) is 4.98 Å². The van der Waals surface area contributed by atoms with Crippen LogP contribution in [0.15, 0.2) is 18.3 Å². The Morgan fingerprint density at radius 1 is 1.58 bits per heavy atom. The molecule has 0 aromatic carbocycles. The van der Waals surface area contributed by atoms with Crippen molar-refractivity contribution in [3.63, 3.8) is 0 Å². The highest BCUT2D eigenvalue weighted by atomic mass is 35.5. The minimum Gasteiger partial charge on any atom is -0.772 e. The number of rotatable bonds is 3. The summed E-state index contributed by atoms with van der Waals surface area (Å²) in [6, 6.07) is 3.41. The number of aromatic nitrogens is 1. The van der Waals surface area contributed by atoms with Crippen LogP contribution in [-0.4, -0.2) is 19.5 Å². The van der Waals surface area contributed by atoms with E-state index in [1.54, 1.807) is 18.3 Å². The van der Waals surface area contributed by atoms with Crippen molar-refractivity contribution in [2.45, 2.75) is 6.42 Å². The monoisotopic (exact) mass is 204 g/mol. The maximum Gasteiger partial charge on any atom is 0.129 e. The number of hydrogen-bond acceptors (Lipinski definition) is 3. The van der Waals surface area contributed by atoms with Crippen LogP contribution in [0, 0.1) is 0 Å². The summed E-state index contributed by atoms with van der Waals surface area (Å²) in [5, 5.41) is 0.419. The van der Waals surface area contributed by atoms with Crippen LogP contribution in [0.4, 0.5) is 0 Å². The van der Waals surface area contributed by atoms with Crippen LogP contribution < -0.4 is 0 Å². The summed E-state index contributed by atoms with van der Waals surface area (Å²) in [6.07, 6.45) is 2.06. The topological polar surface area (TPSA) is 53.0 Å². The second kappa shape index (κ2) is 4.54. The molecule has 3 nitrogen and oxygen atoms in total. The Bertz CT molecular complexity index is 275. The van der Waals surface area contributed by atoms with E-state index < -0.39 is 11.1 Å². The molecule has 1 aromatic heterocycles. The maximum atomic E-state index is 10.2. The molecule has 0 aliphatic rings. The first-order valence-electron chi connectivity index (χ1n) is 3.35. The molecule has 0 fully saturated rings. The Morgan fingerprint density at radius 3 is 2.83 bits per heavy atom. The first kappa shape index (κ1) is 9.64. The van der Waals surface area contributed by atoms with Gasteiger partial charge in [0.1, 0.15) is 5.15 Å². The van der Waals surface area contributed by atoms with E-state index in [1.165, 1.54) is 0 Å². The second-order valence-corrected chi connectivity index (χ2v) is 3.65. The quantitative estimate of drug-likeness (QED) is 0.549. The molecule has 0 saturated carbocycles. The largest absolute Gasteiger partial charge is 0.772 e. The van der Waals surface area contributed by atoms with Crippen LogP contribution in [0.25, 0.3) is 0 Å². The standard InChI is InChI=1S/C7H8ClNO2S/c8-7-2-1-6(5-9-7)3-4-12(10)11/h1-2,5H,3-4H2,(H,10,11)/p-1. The van der Waals surface area contributed by atoms with Gasteiger partial charge in [-0.25, -0.2) is 4.98 Å². The SMILES string of the molecule is O=S([O-])CCc1ccc(Cl)nc1. The van der Waals surface area contributed by atoms with Crippen LogP contribution >= 0.6 is 11.6 Å². The van der Waals surface area contributed by atoms with Gasteiger partial charge in [-0.05, 0) is 18.1 Å². The van der Waals surface area contributed by atoms with Crippen molar-refractivity contribution in [3.05, 3.63) is 29.0 Å². The summed E-state index contributed by atoms with van der Waals surface area (Å²) in [4.78, 5) is 3.82. The molecule has 0 amide bonds. The zero-order valence-corrected chi connectivity index (χ0v) is 7.77. The molecule has 0 N–H and O–H groups in total. The van der Waals surface area contributed by atoms with Crippen molar-refractivity contribution in [2.75, 3.05) is 5.75 Å². The molecular formula is C7H7ClNO2S-. The van der Waals surface area contributed by atoms with E-state index in [0.717, 1.165) is 5.56 Å². The fourth-order valence-corrected chi connectivity index (χ4v) is 1.27. The van der Waals surface area contributed by atoms with Gasteiger partial charge in [-0.1, -0.05) is 28.7 Å². The molecule has 5 heteroatoms. The molecule has 1 heterocycles. The zero-order chi connectivity index (χ0) is 8.97. The average molecular weight is 205 g/mol. The van der Waals surface area contributed by atoms with E-state index >= 15 is 0 Å². The Kier molecular flexibility index (Phi) is 3.65. The van der Waals surface area contributed by atoms with Gasteiger partial charge in [0.15, 0.2) is 0 Å². The number of hydrogen-bond donors (Lipinski definition) is 0. The van der Waals surface area contributed by atoms with E-state index in [9.17, 15) is 8.76 Å². The van der Waals surface area contributed by atoms with Gasteiger partial charge in [-0.2, -0.15) is 0 Å². The van der Waals surface area contributed by atoms with Gasteiger partial charge in [0.05, 0.1) is 0 Å². The van der Waals surface area contributed by atoms with Crippen molar-refractivity contribution < 1.29 is 8.76 Å². The van der Waals surface area contributed by atoms with Gasteiger partial charge in [-0.3, -0.25) is 4.21 Å². The van der Waals surface area contributed by atoms with Crippen LogP contribution in [-0.2, 0) is 17.5 Å². The average Bonchev–Trinajstić information content (AvgIpc) is 2.03. The lowest BCUT2D eigenvalue weighted by atomic mass is 10.2. The van der Waals surface area contributed by atoms with E-state index in [-0.39, 0.29) is 5.75 Å². The number of halogens is 1. The second-order valence-electron chi connectivity index (χ2n) is 2.25. The lowest BCUT2D eigenvalue weighted by molar-refractivity contribution is 0.536. The number of nitrogens with zero attached hydrogens (tertiary/aromatic N) is 1. The summed E-state index contributed by atoms with van der Waals surface area (Å²) in [5.41, 5.74) is 0.878. The minimum atomic E-state index is -1.98. The Morgan fingerprint density at radius 2 is 2.33 bits per heavy atom. The van der Waals surface area contributed by atoms with Gasteiger partial charge >= 0.3 is 0 Å². The van der Waals surface area contributed by atoms with E-state index in [4.69, 9.17) is 11.6 Å². The Hall–Kier alpha value is -0.450. The predicted molar refractivity (Wildman–Crippen MR) is 46.7 cm³/mol. The molecule has 0 radical (unpaired) electrons. The zero-order valence-electron chi connectivity index (χ0n) is 6.20. The van der Waals surface area contributed by atoms with Crippen molar-refractivity contribution in [1.82, 2.24) is 4.98 Å². The molecule has 1 aromatic rings. The molecule has 0 aliphatic carbocycles. The molecule has 1 atom stereocenters. The fourth-order valence-electron chi connectivity index (χ4n) is 0.756. The van der Waals surface area contributed by atoms with Crippen molar-refractivity contribution >= 4 is 22.7 Å². The molecule has 1 rings (SSSR count). The third-order valence-corrected chi connectivity index (χ3v) is 2.11. The highest BCUT2D eigenvalue weighted by molar-refractivity contribution is 7.79. The number of aryl methyl sites for hydroxylation is 1. The third-order valence-electron chi connectivity index (χ3n) is 1.35. The van der Waals surface area contributed by atoms with Crippen molar-refractivity contribution in [1.29, 1.82) is 0 Å². The van der Waals surface area contributed by atoms with E-state index in [0.29, 0.717) is 11.6 Å². The van der Waals surface area contributed by atoms with Gasteiger partial charge in [0.2, 0.25) is 0 Å². The Balaban J connectivity index is 2.53. The summed E-state index contributed by atoms with van der Waals surface area (Å²) >= 11 is 3.56. The molecule has 0 spiro atoms. The summed E-state index contributed by atoms with van der Waals surface area (Å²) in [7, 11) is 0. The predicted octanol–water partition coefficient (Wildman–Crippen LogP) is 1.16. The van der Waals surface area contributed by atoms with Crippen LogP contribution in [0.3, 0.4) is 0 Å². The first-order chi connectivity index (χ1) is 5.68. The normalized spacial score (nSPS) is 12.8. The highest BCUT2D eigenvalue weighted by Crippen LogP contribution is 2.05.